The molecule has 5 heteroatoms. The van der Waals surface area contributed by atoms with Crippen LogP contribution in [0.15, 0.2) is 48.5 Å². The largest absolute Gasteiger partial charge is 0.496 e. The van der Waals surface area contributed by atoms with E-state index in [9.17, 15) is 0 Å². The summed E-state index contributed by atoms with van der Waals surface area (Å²) >= 11 is 5.37. The van der Waals surface area contributed by atoms with Crippen molar-refractivity contribution in [2.75, 3.05) is 7.11 Å². The third-order valence-electron chi connectivity index (χ3n) is 3.28. The minimum atomic E-state index is 0.555. The SMILES string of the molecule is COc1ccc(C)cc1-c1n[nH]c(=S)n1-c1ccccc1. The first kappa shape index (κ1) is 13.6. The summed E-state index contributed by atoms with van der Waals surface area (Å²) in [5, 5.41) is 7.24. The number of aromatic amines is 1. The van der Waals surface area contributed by atoms with Crippen molar-refractivity contribution >= 4 is 12.2 Å². The Hall–Kier alpha value is -2.40. The molecule has 2 aromatic carbocycles. The Morgan fingerprint density at radius 2 is 1.90 bits per heavy atom. The minimum Gasteiger partial charge on any atom is -0.496 e. The fourth-order valence-corrected chi connectivity index (χ4v) is 2.53. The first-order valence-corrected chi connectivity index (χ1v) is 6.99. The van der Waals surface area contributed by atoms with E-state index in [-0.39, 0.29) is 0 Å². The van der Waals surface area contributed by atoms with Crippen LogP contribution in [-0.2, 0) is 0 Å². The average molecular weight is 297 g/mol. The Labute approximate surface area is 128 Å². The number of hydrogen-bond acceptors (Lipinski definition) is 3. The first-order chi connectivity index (χ1) is 10.2. The van der Waals surface area contributed by atoms with Crippen LogP contribution in [0.1, 0.15) is 5.56 Å². The highest BCUT2D eigenvalue weighted by molar-refractivity contribution is 7.71. The van der Waals surface area contributed by atoms with Gasteiger partial charge in [0.1, 0.15) is 5.75 Å². The Kier molecular flexibility index (Phi) is 3.58. The van der Waals surface area contributed by atoms with Crippen LogP contribution in [0.2, 0.25) is 0 Å². The highest BCUT2D eigenvalue weighted by Gasteiger charge is 2.15. The van der Waals surface area contributed by atoms with E-state index < -0.39 is 0 Å². The lowest BCUT2D eigenvalue weighted by Crippen LogP contribution is -1.99. The molecular weight excluding hydrogens is 282 g/mol. The highest BCUT2D eigenvalue weighted by atomic mass is 32.1. The summed E-state index contributed by atoms with van der Waals surface area (Å²) in [7, 11) is 1.66. The molecule has 1 aromatic heterocycles. The van der Waals surface area contributed by atoms with E-state index in [0.717, 1.165) is 28.4 Å². The number of benzene rings is 2. The summed E-state index contributed by atoms with van der Waals surface area (Å²) in [5.74, 6) is 1.51. The smallest absolute Gasteiger partial charge is 0.200 e. The fourth-order valence-electron chi connectivity index (χ4n) is 2.29. The molecule has 0 aliphatic carbocycles. The van der Waals surface area contributed by atoms with Gasteiger partial charge in [0.05, 0.1) is 12.7 Å². The second-order valence-corrected chi connectivity index (χ2v) is 5.11. The first-order valence-electron chi connectivity index (χ1n) is 6.58. The Balaban J connectivity index is 2.26. The number of nitrogens with one attached hydrogen (secondary N) is 1. The van der Waals surface area contributed by atoms with Gasteiger partial charge in [-0.25, -0.2) is 0 Å². The molecule has 1 N–H and O–H groups in total. The van der Waals surface area contributed by atoms with Crippen LogP contribution in [0, 0.1) is 11.7 Å². The summed E-state index contributed by atoms with van der Waals surface area (Å²) in [6.07, 6.45) is 0. The van der Waals surface area contributed by atoms with Crippen LogP contribution in [0.25, 0.3) is 17.1 Å². The molecule has 0 saturated carbocycles. The molecule has 0 fully saturated rings. The number of ether oxygens (including phenoxy) is 1. The Morgan fingerprint density at radius 1 is 1.14 bits per heavy atom. The monoisotopic (exact) mass is 297 g/mol. The highest BCUT2D eigenvalue weighted by Crippen LogP contribution is 2.31. The van der Waals surface area contributed by atoms with Gasteiger partial charge in [-0.2, -0.15) is 5.10 Å². The van der Waals surface area contributed by atoms with E-state index in [2.05, 4.69) is 10.2 Å². The zero-order valence-electron chi connectivity index (χ0n) is 11.8. The Bertz CT molecular complexity index is 821. The molecule has 0 aliphatic heterocycles. The number of hydrogen-bond donors (Lipinski definition) is 1. The maximum absolute atomic E-state index is 5.45. The van der Waals surface area contributed by atoms with Crippen LogP contribution >= 0.6 is 12.2 Å². The molecule has 3 rings (SSSR count). The molecule has 1 heterocycles. The molecule has 0 spiro atoms. The number of nitrogens with zero attached hydrogens (tertiary/aromatic N) is 2. The number of H-pyrrole nitrogens is 1. The maximum atomic E-state index is 5.45. The summed E-state index contributed by atoms with van der Waals surface area (Å²) in [6, 6.07) is 15.9. The normalized spacial score (nSPS) is 10.6. The van der Waals surface area contributed by atoms with Gasteiger partial charge in [0, 0.05) is 5.69 Å². The molecule has 0 bridgehead atoms. The summed E-state index contributed by atoms with van der Waals surface area (Å²) < 4.78 is 7.92. The molecule has 21 heavy (non-hydrogen) atoms. The molecule has 106 valence electrons. The molecule has 3 aromatic rings. The van der Waals surface area contributed by atoms with Gasteiger partial charge in [-0.15, -0.1) is 0 Å². The van der Waals surface area contributed by atoms with E-state index in [0.29, 0.717) is 4.77 Å². The van der Waals surface area contributed by atoms with Crippen LogP contribution in [0.5, 0.6) is 5.75 Å². The molecule has 0 aliphatic rings. The predicted molar refractivity (Wildman–Crippen MR) is 85.5 cm³/mol. The predicted octanol–water partition coefficient (Wildman–Crippen LogP) is 3.91. The maximum Gasteiger partial charge on any atom is 0.200 e. The third-order valence-corrected chi connectivity index (χ3v) is 3.56. The lowest BCUT2D eigenvalue weighted by molar-refractivity contribution is 0.416. The fraction of sp³-hybridized carbons (Fsp3) is 0.125. The second kappa shape index (κ2) is 5.54. The van der Waals surface area contributed by atoms with E-state index in [1.807, 2.05) is 60.0 Å². The second-order valence-electron chi connectivity index (χ2n) is 4.73. The van der Waals surface area contributed by atoms with Crippen LogP contribution in [0.4, 0.5) is 0 Å². The van der Waals surface area contributed by atoms with Gasteiger partial charge in [0.15, 0.2) is 10.6 Å². The van der Waals surface area contributed by atoms with Crippen molar-refractivity contribution in [3.8, 4) is 22.8 Å². The lowest BCUT2D eigenvalue weighted by atomic mass is 10.1. The van der Waals surface area contributed by atoms with E-state index >= 15 is 0 Å². The number of para-hydroxylation sites is 1. The van der Waals surface area contributed by atoms with Crippen LogP contribution in [-0.4, -0.2) is 21.9 Å². The van der Waals surface area contributed by atoms with Crippen molar-refractivity contribution in [3.63, 3.8) is 0 Å². The van der Waals surface area contributed by atoms with E-state index in [1.54, 1.807) is 7.11 Å². The van der Waals surface area contributed by atoms with Crippen molar-refractivity contribution < 1.29 is 4.74 Å². The van der Waals surface area contributed by atoms with Gasteiger partial charge in [-0.05, 0) is 43.4 Å². The number of aryl methyl sites for hydroxylation is 1. The number of methoxy groups -OCH3 is 1. The third kappa shape index (κ3) is 2.48. The minimum absolute atomic E-state index is 0.555. The van der Waals surface area contributed by atoms with Crippen molar-refractivity contribution in [1.82, 2.24) is 14.8 Å². The summed E-state index contributed by atoms with van der Waals surface area (Å²) in [4.78, 5) is 0. The molecule has 0 amide bonds. The van der Waals surface area contributed by atoms with Crippen LogP contribution in [0.3, 0.4) is 0 Å². The zero-order valence-corrected chi connectivity index (χ0v) is 12.6. The zero-order chi connectivity index (χ0) is 14.8. The van der Waals surface area contributed by atoms with Crippen molar-refractivity contribution in [3.05, 3.63) is 58.9 Å². The standard InChI is InChI=1S/C16H15N3OS/c1-11-8-9-14(20-2)13(10-11)15-17-18-16(21)19(15)12-6-4-3-5-7-12/h3-10H,1-2H3,(H,18,21). The lowest BCUT2D eigenvalue weighted by Gasteiger charge is -2.11. The average Bonchev–Trinajstić information content (AvgIpc) is 2.89. The van der Waals surface area contributed by atoms with Crippen LogP contribution < -0.4 is 4.74 Å². The molecular formula is C16H15N3OS. The quantitative estimate of drug-likeness (QED) is 0.745. The molecule has 0 unspecified atom stereocenters. The van der Waals surface area contributed by atoms with Gasteiger partial charge in [0.2, 0.25) is 0 Å². The molecule has 0 atom stereocenters. The van der Waals surface area contributed by atoms with Gasteiger partial charge in [0.25, 0.3) is 0 Å². The van der Waals surface area contributed by atoms with Crippen molar-refractivity contribution in [2.45, 2.75) is 6.92 Å². The topological polar surface area (TPSA) is 42.8 Å². The Morgan fingerprint density at radius 3 is 2.62 bits per heavy atom. The van der Waals surface area contributed by atoms with Gasteiger partial charge in [-0.3, -0.25) is 9.67 Å². The van der Waals surface area contributed by atoms with E-state index in [1.165, 1.54) is 0 Å². The summed E-state index contributed by atoms with van der Waals surface area (Å²) in [6.45, 7) is 2.04. The number of aromatic nitrogens is 3. The molecule has 0 radical (unpaired) electrons. The van der Waals surface area contributed by atoms with Crippen molar-refractivity contribution in [2.24, 2.45) is 0 Å². The van der Waals surface area contributed by atoms with Gasteiger partial charge >= 0.3 is 0 Å². The molecule has 0 saturated heterocycles. The van der Waals surface area contributed by atoms with Crippen molar-refractivity contribution in [1.29, 1.82) is 0 Å². The van der Waals surface area contributed by atoms with Gasteiger partial charge < -0.3 is 4.74 Å². The van der Waals surface area contributed by atoms with E-state index in [4.69, 9.17) is 17.0 Å². The number of rotatable bonds is 3. The van der Waals surface area contributed by atoms with Gasteiger partial charge in [-0.1, -0.05) is 29.8 Å². The molecule has 4 nitrogen and oxygen atoms in total. The summed E-state index contributed by atoms with van der Waals surface area (Å²) in [5.41, 5.74) is 3.02.